The Bertz CT molecular complexity index is 328. The van der Waals surface area contributed by atoms with Gasteiger partial charge in [-0.05, 0) is 12.3 Å². The van der Waals surface area contributed by atoms with Crippen LogP contribution >= 0.6 is 0 Å². The first-order valence-electron chi connectivity index (χ1n) is 5.28. The molecule has 6 nitrogen and oxygen atoms in total. The van der Waals surface area contributed by atoms with Gasteiger partial charge in [0.2, 0.25) is 5.91 Å². The van der Waals surface area contributed by atoms with Gasteiger partial charge >= 0.3 is 0 Å². The summed E-state index contributed by atoms with van der Waals surface area (Å²) >= 11 is 0. The van der Waals surface area contributed by atoms with Gasteiger partial charge in [-0.3, -0.25) is 4.79 Å². The maximum absolute atomic E-state index is 11.2. The van der Waals surface area contributed by atoms with Gasteiger partial charge in [0.15, 0.2) is 9.84 Å². The SMILES string of the molecule is NCCOCC(=O)NCC1CCS(=O)(=O)C1. The molecule has 0 bridgehead atoms. The van der Waals surface area contributed by atoms with Crippen LogP contribution in [0.2, 0.25) is 0 Å². The summed E-state index contributed by atoms with van der Waals surface area (Å²) in [6, 6.07) is 0. The molecule has 1 unspecified atom stereocenters. The summed E-state index contributed by atoms with van der Waals surface area (Å²) in [5, 5.41) is 2.65. The van der Waals surface area contributed by atoms with E-state index in [4.69, 9.17) is 10.5 Å². The zero-order valence-corrected chi connectivity index (χ0v) is 9.96. The van der Waals surface area contributed by atoms with Crippen LogP contribution in [0.15, 0.2) is 0 Å². The fraction of sp³-hybridized carbons (Fsp3) is 0.889. The van der Waals surface area contributed by atoms with Crippen molar-refractivity contribution < 1.29 is 17.9 Å². The van der Waals surface area contributed by atoms with Crippen molar-refractivity contribution in [2.24, 2.45) is 11.7 Å². The molecule has 0 aromatic heterocycles. The van der Waals surface area contributed by atoms with Crippen molar-refractivity contribution in [3.05, 3.63) is 0 Å². The summed E-state index contributed by atoms with van der Waals surface area (Å²) in [4.78, 5) is 11.2. The predicted molar refractivity (Wildman–Crippen MR) is 59.6 cm³/mol. The van der Waals surface area contributed by atoms with Crippen LogP contribution in [-0.2, 0) is 19.4 Å². The van der Waals surface area contributed by atoms with Gasteiger partial charge in [0.05, 0.1) is 18.1 Å². The molecule has 0 radical (unpaired) electrons. The molecule has 0 spiro atoms. The average molecular weight is 250 g/mol. The molecule has 0 saturated carbocycles. The van der Waals surface area contributed by atoms with E-state index in [0.717, 1.165) is 0 Å². The zero-order valence-electron chi connectivity index (χ0n) is 9.15. The van der Waals surface area contributed by atoms with E-state index in [9.17, 15) is 13.2 Å². The first-order chi connectivity index (χ1) is 7.53. The van der Waals surface area contributed by atoms with Gasteiger partial charge in [-0.25, -0.2) is 8.42 Å². The Morgan fingerprint density at radius 1 is 1.50 bits per heavy atom. The number of ether oxygens (including phenoxy) is 1. The smallest absolute Gasteiger partial charge is 0.246 e. The number of nitrogens with two attached hydrogens (primary N) is 1. The van der Waals surface area contributed by atoms with Gasteiger partial charge in [-0.1, -0.05) is 0 Å². The van der Waals surface area contributed by atoms with Crippen LogP contribution in [0.5, 0.6) is 0 Å². The molecule has 3 N–H and O–H groups in total. The largest absolute Gasteiger partial charge is 0.370 e. The molecule has 0 aliphatic carbocycles. The number of sulfone groups is 1. The standard InChI is InChI=1S/C9H18N2O4S/c10-2-3-15-6-9(12)11-5-8-1-4-16(13,14)7-8/h8H,1-7,10H2,(H,11,12). The van der Waals surface area contributed by atoms with Crippen LogP contribution < -0.4 is 11.1 Å². The zero-order chi connectivity index (χ0) is 12.0. The predicted octanol–water partition coefficient (Wildman–Crippen LogP) is -1.49. The summed E-state index contributed by atoms with van der Waals surface area (Å²) in [6.45, 7) is 1.13. The van der Waals surface area contributed by atoms with Gasteiger partial charge in [0.1, 0.15) is 6.61 Å². The van der Waals surface area contributed by atoms with E-state index in [1.807, 2.05) is 0 Å². The molecule has 0 aromatic rings. The van der Waals surface area contributed by atoms with Crippen molar-refractivity contribution in [2.45, 2.75) is 6.42 Å². The van der Waals surface area contributed by atoms with Gasteiger partial charge in [0.25, 0.3) is 0 Å². The first kappa shape index (κ1) is 13.4. The van der Waals surface area contributed by atoms with E-state index in [2.05, 4.69) is 5.32 Å². The molecule has 1 aliphatic rings. The number of hydrogen-bond donors (Lipinski definition) is 2. The van der Waals surface area contributed by atoms with Crippen LogP contribution in [0.4, 0.5) is 0 Å². The highest BCUT2D eigenvalue weighted by Crippen LogP contribution is 2.17. The maximum atomic E-state index is 11.2. The van der Waals surface area contributed by atoms with E-state index < -0.39 is 9.84 Å². The van der Waals surface area contributed by atoms with Crippen LogP contribution in [0.3, 0.4) is 0 Å². The highest BCUT2D eigenvalue weighted by Gasteiger charge is 2.27. The molecule has 7 heteroatoms. The molecule has 94 valence electrons. The number of hydrogen-bond acceptors (Lipinski definition) is 5. The molecule has 1 rings (SSSR count). The van der Waals surface area contributed by atoms with Crippen molar-refractivity contribution in [1.29, 1.82) is 0 Å². The van der Waals surface area contributed by atoms with Crippen LogP contribution in [-0.4, -0.2) is 52.1 Å². The summed E-state index contributed by atoms with van der Waals surface area (Å²) in [5.74, 6) is 0.231. The minimum absolute atomic E-state index is 0.0172. The molecule has 1 fully saturated rings. The van der Waals surface area contributed by atoms with E-state index in [1.165, 1.54) is 0 Å². The maximum Gasteiger partial charge on any atom is 0.246 e. The lowest BCUT2D eigenvalue weighted by atomic mass is 10.1. The normalized spacial score (nSPS) is 23.2. The lowest BCUT2D eigenvalue weighted by Crippen LogP contribution is -2.33. The number of carbonyl (C=O) groups excluding carboxylic acids is 1. The highest BCUT2D eigenvalue weighted by molar-refractivity contribution is 7.91. The second-order valence-corrected chi connectivity index (χ2v) is 6.14. The number of amides is 1. The first-order valence-corrected chi connectivity index (χ1v) is 7.10. The molecule has 1 atom stereocenters. The van der Waals surface area contributed by atoms with Crippen LogP contribution in [0, 0.1) is 5.92 Å². The topological polar surface area (TPSA) is 98.5 Å². The molecule has 0 aromatic carbocycles. The van der Waals surface area contributed by atoms with Crippen molar-refractivity contribution in [3.8, 4) is 0 Å². The van der Waals surface area contributed by atoms with Gasteiger partial charge in [-0.15, -0.1) is 0 Å². The van der Waals surface area contributed by atoms with E-state index in [-0.39, 0.29) is 29.9 Å². The molecule has 1 aliphatic heterocycles. The second-order valence-electron chi connectivity index (χ2n) is 3.91. The second kappa shape index (κ2) is 6.17. The van der Waals surface area contributed by atoms with Crippen molar-refractivity contribution in [2.75, 3.05) is 37.8 Å². The van der Waals surface area contributed by atoms with Crippen molar-refractivity contribution in [1.82, 2.24) is 5.32 Å². The summed E-state index contributed by atoms with van der Waals surface area (Å²) < 4.78 is 27.2. The summed E-state index contributed by atoms with van der Waals surface area (Å²) in [5.41, 5.74) is 5.19. The van der Waals surface area contributed by atoms with Crippen molar-refractivity contribution >= 4 is 15.7 Å². The quantitative estimate of drug-likeness (QED) is 0.560. The van der Waals surface area contributed by atoms with Gasteiger partial charge in [0, 0.05) is 13.1 Å². The summed E-state index contributed by atoms with van der Waals surface area (Å²) in [7, 11) is -2.86. The van der Waals surface area contributed by atoms with Gasteiger partial charge in [-0.2, -0.15) is 0 Å². The minimum Gasteiger partial charge on any atom is -0.370 e. The Hall–Kier alpha value is -0.660. The van der Waals surface area contributed by atoms with Crippen LogP contribution in [0.1, 0.15) is 6.42 Å². The third kappa shape index (κ3) is 4.91. The Labute approximate surface area is 95.4 Å². The third-order valence-electron chi connectivity index (χ3n) is 2.41. The van der Waals surface area contributed by atoms with E-state index in [1.54, 1.807) is 0 Å². The number of rotatable bonds is 6. The molecule has 1 amide bonds. The minimum atomic E-state index is -2.86. The van der Waals surface area contributed by atoms with Crippen molar-refractivity contribution in [3.63, 3.8) is 0 Å². The third-order valence-corrected chi connectivity index (χ3v) is 4.25. The average Bonchev–Trinajstić information content (AvgIpc) is 2.56. The molecular formula is C9H18N2O4S. The molecule has 16 heavy (non-hydrogen) atoms. The highest BCUT2D eigenvalue weighted by atomic mass is 32.2. The van der Waals surface area contributed by atoms with Gasteiger partial charge < -0.3 is 15.8 Å². The molecule has 1 saturated heterocycles. The summed E-state index contributed by atoms with van der Waals surface area (Å²) in [6.07, 6.45) is 0.631. The monoisotopic (exact) mass is 250 g/mol. The fourth-order valence-electron chi connectivity index (χ4n) is 1.59. The van der Waals surface area contributed by atoms with Crippen LogP contribution in [0.25, 0.3) is 0 Å². The Balaban J connectivity index is 2.13. The van der Waals surface area contributed by atoms with E-state index >= 15 is 0 Å². The fourth-order valence-corrected chi connectivity index (χ4v) is 3.45. The Morgan fingerprint density at radius 2 is 2.25 bits per heavy atom. The molecule has 1 heterocycles. The molecular weight excluding hydrogens is 232 g/mol. The Kier molecular flexibility index (Phi) is 5.17. The van der Waals surface area contributed by atoms with E-state index in [0.29, 0.717) is 26.1 Å². The lowest BCUT2D eigenvalue weighted by Gasteiger charge is -2.09. The lowest BCUT2D eigenvalue weighted by molar-refractivity contribution is -0.125. The Morgan fingerprint density at radius 3 is 2.81 bits per heavy atom. The number of nitrogens with one attached hydrogen (secondary N) is 1. The number of carbonyl (C=O) groups is 1.